The number of fused-ring (bicyclic) bond motifs is 2. The molecule has 0 radical (unpaired) electrons. The van der Waals surface area contributed by atoms with E-state index in [0.717, 1.165) is 53.4 Å². The molecule has 4 atom stereocenters. The molecule has 4 aromatic rings. The number of nitrogens with one attached hydrogen (secondary N) is 1. The zero-order valence-electron chi connectivity index (χ0n) is 23.2. The van der Waals surface area contributed by atoms with Gasteiger partial charge in [-0.2, -0.15) is 5.10 Å². The van der Waals surface area contributed by atoms with Crippen LogP contribution >= 0.6 is 0 Å². The van der Waals surface area contributed by atoms with E-state index < -0.39 is 23.7 Å². The van der Waals surface area contributed by atoms with Crippen LogP contribution in [0.25, 0.3) is 16.4 Å². The molecule has 3 heterocycles. The highest BCUT2D eigenvalue weighted by Gasteiger charge is 2.50. The van der Waals surface area contributed by atoms with Crippen molar-refractivity contribution in [3.05, 3.63) is 66.0 Å². The van der Waals surface area contributed by atoms with Gasteiger partial charge in [-0.15, -0.1) is 0 Å². The summed E-state index contributed by atoms with van der Waals surface area (Å²) in [4.78, 5) is 16.8. The smallest absolute Gasteiger partial charge is 0.412 e. The summed E-state index contributed by atoms with van der Waals surface area (Å²) in [5, 5.41) is 30.3. The summed E-state index contributed by atoms with van der Waals surface area (Å²) in [5.74, 6) is 0.191. The molecule has 1 fully saturated rings. The third kappa shape index (κ3) is 5.76. The first kappa shape index (κ1) is 27.9. The number of benzene rings is 1. The van der Waals surface area contributed by atoms with Gasteiger partial charge in [0.1, 0.15) is 5.82 Å². The summed E-state index contributed by atoms with van der Waals surface area (Å²) in [5.41, 5.74) is 9.74. The number of aromatic nitrogens is 3. The maximum absolute atomic E-state index is 12.2. The number of carbonyl (C=O) groups is 1. The molecule has 0 spiro atoms. The first-order chi connectivity index (χ1) is 19.3. The second-order valence-corrected chi connectivity index (χ2v) is 11.3. The third-order valence-electron chi connectivity index (χ3n) is 8.34. The standard InChI is InChI=1S/C31H39N5O4/c1-3-4-5-6-17-40-30(39)35-27-12-9-21-8-7-20(18-24(21)34-27)13-15-31(2)19-22(28(37)29(31)38)25-10-11-26-23(32)14-16-33-36(25)26/h7-12,14,16,18,22,28-29,37-38H,3-6,13,15,17,19,32H2,1-2H3,(H,34,35,39)/t22-,28-,29-,31-/m0/s1. The van der Waals surface area contributed by atoms with Crippen LogP contribution in [0.2, 0.25) is 0 Å². The average Bonchev–Trinajstić information content (AvgIpc) is 3.47. The number of aryl methyl sites for hydroxylation is 1. The van der Waals surface area contributed by atoms with Gasteiger partial charge in [-0.05, 0) is 73.1 Å². The molecule has 0 unspecified atom stereocenters. The number of aliphatic hydroxyl groups excluding tert-OH is 2. The van der Waals surface area contributed by atoms with Gasteiger partial charge >= 0.3 is 6.09 Å². The van der Waals surface area contributed by atoms with E-state index in [-0.39, 0.29) is 5.92 Å². The number of unbranched alkanes of at least 4 members (excludes halogenated alkanes) is 3. The summed E-state index contributed by atoms with van der Waals surface area (Å²) in [6, 6.07) is 15.4. The highest BCUT2D eigenvalue weighted by atomic mass is 16.5. The van der Waals surface area contributed by atoms with Gasteiger partial charge in [-0.1, -0.05) is 45.2 Å². The highest BCUT2D eigenvalue weighted by molar-refractivity contribution is 5.87. The van der Waals surface area contributed by atoms with Gasteiger partial charge in [0.2, 0.25) is 0 Å². The number of nitrogens with two attached hydrogens (primary N) is 1. The topological polar surface area (TPSA) is 135 Å². The zero-order valence-corrected chi connectivity index (χ0v) is 23.2. The fourth-order valence-electron chi connectivity index (χ4n) is 5.90. The van der Waals surface area contributed by atoms with Crippen molar-refractivity contribution in [1.82, 2.24) is 14.6 Å². The number of nitrogen functional groups attached to an aromatic ring is 1. The number of amides is 1. The molecule has 1 aliphatic rings. The minimum Gasteiger partial charge on any atom is -0.449 e. The molecule has 9 heteroatoms. The Kier molecular flexibility index (Phi) is 8.23. The van der Waals surface area contributed by atoms with E-state index in [2.05, 4.69) is 28.4 Å². The summed E-state index contributed by atoms with van der Waals surface area (Å²) >= 11 is 0. The number of ether oxygens (including phenoxy) is 1. The van der Waals surface area contributed by atoms with Crippen LogP contribution in [-0.4, -0.2) is 49.7 Å². The maximum atomic E-state index is 12.2. The average molecular weight is 546 g/mol. The number of hydrogen-bond acceptors (Lipinski definition) is 7. The minimum atomic E-state index is -0.898. The Morgan fingerprint density at radius 2 is 1.98 bits per heavy atom. The molecule has 0 bridgehead atoms. The lowest BCUT2D eigenvalue weighted by Gasteiger charge is -2.28. The first-order valence-electron chi connectivity index (χ1n) is 14.2. The summed E-state index contributed by atoms with van der Waals surface area (Å²) in [6.07, 6.45) is 5.58. The Morgan fingerprint density at radius 3 is 2.80 bits per heavy atom. The Labute approximate surface area is 234 Å². The molecule has 212 valence electrons. The molecule has 0 aliphatic heterocycles. The highest BCUT2D eigenvalue weighted by Crippen LogP contribution is 2.49. The summed E-state index contributed by atoms with van der Waals surface area (Å²) in [7, 11) is 0. The molecule has 5 rings (SSSR count). The molecule has 1 aromatic carbocycles. The van der Waals surface area contributed by atoms with E-state index in [0.29, 0.717) is 37.4 Å². The second kappa shape index (κ2) is 11.8. The lowest BCUT2D eigenvalue weighted by Crippen LogP contribution is -2.34. The fraction of sp³-hybridized carbons (Fsp3) is 0.452. The molecule has 5 N–H and O–H groups in total. The van der Waals surface area contributed by atoms with Crippen LogP contribution in [0.1, 0.15) is 69.5 Å². The van der Waals surface area contributed by atoms with E-state index in [4.69, 9.17) is 10.5 Å². The van der Waals surface area contributed by atoms with Gasteiger partial charge in [0.15, 0.2) is 0 Å². The number of pyridine rings is 1. The van der Waals surface area contributed by atoms with Gasteiger partial charge in [0.05, 0.1) is 35.5 Å². The van der Waals surface area contributed by atoms with Gasteiger partial charge in [0, 0.05) is 23.2 Å². The van der Waals surface area contributed by atoms with Gasteiger partial charge < -0.3 is 20.7 Å². The van der Waals surface area contributed by atoms with E-state index in [1.54, 1.807) is 22.8 Å². The molecule has 1 aliphatic carbocycles. The largest absolute Gasteiger partial charge is 0.449 e. The predicted octanol–water partition coefficient (Wildman–Crippen LogP) is 5.44. The predicted molar refractivity (Wildman–Crippen MR) is 156 cm³/mol. The van der Waals surface area contributed by atoms with Crippen LogP contribution in [0, 0.1) is 5.41 Å². The van der Waals surface area contributed by atoms with Crippen molar-refractivity contribution in [1.29, 1.82) is 0 Å². The number of nitrogens with zero attached hydrogens (tertiary/aromatic N) is 3. The van der Waals surface area contributed by atoms with Gasteiger partial charge in [0.25, 0.3) is 0 Å². The number of anilines is 2. The fourth-order valence-corrected chi connectivity index (χ4v) is 5.90. The zero-order chi connectivity index (χ0) is 28.3. The molecule has 1 amide bonds. The van der Waals surface area contributed by atoms with Gasteiger partial charge in [-0.25, -0.2) is 14.3 Å². The molecule has 40 heavy (non-hydrogen) atoms. The molecule has 9 nitrogen and oxygen atoms in total. The second-order valence-electron chi connectivity index (χ2n) is 11.3. The minimum absolute atomic E-state index is 0.255. The monoisotopic (exact) mass is 545 g/mol. The lowest BCUT2D eigenvalue weighted by atomic mass is 9.80. The molecule has 3 aromatic heterocycles. The lowest BCUT2D eigenvalue weighted by molar-refractivity contribution is -0.0204. The molecule has 1 saturated carbocycles. The van der Waals surface area contributed by atoms with Crippen LogP contribution in [0.4, 0.5) is 16.3 Å². The van der Waals surface area contributed by atoms with Gasteiger partial charge in [-0.3, -0.25) is 5.32 Å². The van der Waals surface area contributed by atoms with Crippen LogP contribution < -0.4 is 11.1 Å². The van der Waals surface area contributed by atoms with Crippen molar-refractivity contribution < 1.29 is 19.7 Å². The van der Waals surface area contributed by atoms with Crippen LogP contribution in [0.5, 0.6) is 0 Å². The van der Waals surface area contributed by atoms with Crippen molar-refractivity contribution in [3.8, 4) is 0 Å². The Bertz CT molecular complexity index is 1490. The SMILES string of the molecule is CCCCCCOC(=O)Nc1ccc2ccc(CC[C@@]3(C)C[C@@H](c4ccc5c(N)ccnn45)[C@H](O)[C@@H]3O)cc2n1. The van der Waals surface area contributed by atoms with E-state index in [9.17, 15) is 15.0 Å². The quantitative estimate of drug-likeness (QED) is 0.195. The number of hydrogen-bond donors (Lipinski definition) is 4. The molecular formula is C31H39N5O4. The Morgan fingerprint density at radius 1 is 1.15 bits per heavy atom. The maximum Gasteiger partial charge on any atom is 0.412 e. The van der Waals surface area contributed by atoms with Crippen molar-refractivity contribution >= 4 is 34.0 Å². The van der Waals surface area contributed by atoms with Crippen LogP contribution in [0.3, 0.4) is 0 Å². The van der Waals surface area contributed by atoms with E-state index >= 15 is 0 Å². The van der Waals surface area contributed by atoms with Crippen molar-refractivity contribution in [2.75, 3.05) is 17.7 Å². The Hall–Kier alpha value is -3.69. The third-order valence-corrected chi connectivity index (χ3v) is 8.34. The summed E-state index contributed by atoms with van der Waals surface area (Å²) < 4.78 is 7.04. The normalized spacial score (nSPS) is 22.6. The summed E-state index contributed by atoms with van der Waals surface area (Å²) in [6.45, 7) is 4.58. The Balaban J connectivity index is 1.24. The van der Waals surface area contributed by atoms with Crippen molar-refractivity contribution in [2.45, 2.75) is 76.9 Å². The molecule has 0 saturated heterocycles. The van der Waals surface area contributed by atoms with Crippen molar-refractivity contribution in [2.24, 2.45) is 5.41 Å². The van der Waals surface area contributed by atoms with Crippen LogP contribution in [-0.2, 0) is 11.2 Å². The molecular weight excluding hydrogens is 506 g/mol. The first-order valence-corrected chi connectivity index (χ1v) is 14.2. The number of aliphatic hydroxyl groups is 2. The van der Waals surface area contributed by atoms with E-state index in [1.807, 2.05) is 37.3 Å². The van der Waals surface area contributed by atoms with Crippen molar-refractivity contribution in [3.63, 3.8) is 0 Å². The van der Waals surface area contributed by atoms with Crippen LogP contribution in [0.15, 0.2) is 54.7 Å². The number of carbonyl (C=O) groups excluding carboxylic acids is 1. The van der Waals surface area contributed by atoms with E-state index in [1.165, 1.54) is 0 Å². The number of rotatable bonds is 10.